The molecule has 1 aromatic rings. The Balaban J connectivity index is 1.97. The minimum atomic E-state index is -1.12. The van der Waals surface area contributed by atoms with Crippen LogP contribution in [0.4, 0.5) is 5.82 Å². The highest BCUT2D eigenvalue weighted by molar-refractivity contribution is 5.48. The average molecular weight is 269 g/mol. The van der Waals surface area contributed by atoms with Crippen LogP contribution in [0.3, 0.4) is 0 Å². The van der Waals surface area contributed by atoms with Gasteiger partial charge in [0, 0.05) is 13.1 Å². The number of morpholine rings is 1. The molecule has 1 fully saturated rings. The molecule has 0 bridgehead atoms. The number of hydrogen-bond acceptors (Lipinski definition) is 6. The van der Waals surface area contributed by atoms with E-state index in [1.807, 2.05) is 6.07 Å². The number of ether oxygens (including phenoxy) is 1. The van der Waals surface area contributed by atoms with Crippen molar-refractivity contribution in [1.82, 2.24) is 10.2 Å². The summed E-state index contributed by atoms with van der Waals surface area (Å²) in [6.07, 6.45) is 2.23. The number of hydrogen-bond donors (Lipinski definition) is 0. The average Bonchev–Trinajstić information content (AvgIpc) is 2.54. The predicted molar refractivity (Wildman–Crippen MR) is 70.9 cm³/mol. The first-order valence-electron chi connectivity index (χ1n) is 6.81. The van der Waals surface area contributed by atoms with Crippen LogP contribution in [0.2, 0.25) is 0 Å². The molecule has 3 rings (SSSR count). The molecule has 6 nitrogen and oxygen atoms in total. The number of aryl methyl sites for hydroxylation is 1. The van der Waals surface area contributed by atoms with E-state index < -0.39 is 5.41 Å². The zero-order valence-corrected chi connectivity index (χ0v) is 11.2. The van der Waals surface area contributed by atoms with E-state index in [2.05, 4.69) is 27.2 Å². The maximum absolute atomic E-state index is 9.34. The van der Waals surface area contributed by atoms with E-state index in [9.17, 15) is 10.5 Å². The van der Waals surface area contributed by atoms with Gasteiger partial charge in [-0.05, 0) is 30.9 Å². The molecule has 6 heteroatoms. The summed E-state index contributed by atoms with van der Waals surface area (Å²) in [7, 11) is 0. The van der Waals surface area contributed by atoms with Gasteiger partial charge in [0.05, 0.1) is 25.4 Å². The highest BCUT2D eigenvalue weighted by atomic mass is 16.5. The van der Waals surface area contributed by atoms with Crippen LogP contribution < -0.4 is 4.90 Å². The van der Waals surface area contributed by atoms with Gasteiger partial charge < -0.3 is 9.64 Å². The lowest BCUT2D eigenvalue weighted by atomic mass is 9.75. The Morgan fingerprint density at radius 1 is 1.20 bits per heavy atom. The van der Waals surface area contributed by atoms with Gasteiger partial charge >= 0.3 is 0 Å². The highest BCUT2D eigenvalue weighted by Gasteiger charge is 2.39. The van der Waals surface area contributed by atoms with E-state index in [4.69, 9.17) is 4.74 Å². The van der Waals surface area contributed by atoms with E-state index in [0.29, 0.717) is 25.3 Å². The number of aromatic nitrogens is 2. The molecule has 2 aliphatic rings. The van der Waals surface area contributed by atoms with Crippen LogP contribution in [0, 0.1) is 22.7 Å². The number of nitriles is 2. The summed E-state index contributed by atoms with van der Waals surface area (Å²) in [5, 5.41) is 27.1. The lowest BCUT2D eigenvalue weighted by molar-refractivity contribution is 0.122. The standard InChI is InChI=1S/C14H15N5O/c15-9-14(10-16)3-1-2-11-8-12(17-18-13(11)14)19-4-6-20-7-5-19/h8H,1-7H2. The molecule has 2 heterocycles. The predicted octanol–water partition coefficient (Wildman–Crippen LogP) is 0.934. The zero-order valence-electron chi connectivity index (χ0n) is 11.2. The van der Waals surface area contributed by atoms with Gasteiger partial charge in [0.2, 0.25) is 0 Å². The highest BCUT2D eigenvalue weighted by Crippen LogP contribution is 2.35. The molecule has 0 atom stereocenters. The molecule has 0 amide bonds. The SMILES string of the molecule is N#CC1(C#N)CCCc2cc(N3CCOCC3)nnc21. The van der Waals surface area contributed by atoms with E-state index in [1.165, 1.54) is 0 Å². The van der Waals surface area contributed by atoms with Crippen molar-refractivity contribution >= 4 is 5.82 Å². The molecule has 1 aromatic heterocycles. The van der Waals surface area contributed by atoms with E-state index in [-0.39, 0.29) is 0 Å². The Morgan fingerprint density at radius 2 is 1.95 bits per heavy atom. The van der Waals surface area contributed by atoms with Crippen molar-refractivity contribution in [3.8, 4) is 12.1 Å². The summed E-state index contributed by atoms with van der Waals surface area (Å²) in [4.78, 5) is 2.13. The molecular weight excluding hydrogens is 254 g/mol. The normalized spacial score (nSPS) is 20.6. The maximum Gasteiger partial charge on any atom is 0.187 e. The summed E-state index contributed by atoms with van der Waals surface area (Å²) >= 11 is 0. The quantitative estimate of drug-likeness (QED) is 0.754. The lowest BCUT2D eigenvalue weighted by Crippen LogP contribution is -2.37. The second-order valence-corrected chi connectivity index (χ2v) is 5.16. The maximum atomic E-state index is 9.34. The summed E-state index contributed by atoms with van der Waals surface area (Å²) in [6.45, 7) is 2.99. The van der Waals surface area contributed by atoms with Crippen molar-refractivity contribution in [3.05, 3.63) is 17.3 Å². The molecule has 20 heavy (non-hydrogen) atoms. The Bertz CT molecular complexity index is 581. The topological polar surface area (TPSA) is 85.8 Å². The molecule has 0 radical (unpaired) electrons. The monoisotopic (exact) mass is 269 g/mol. The van der Waals surface area contributed by atoms with Crippen LogP contribution in [0.15, 0.2) is 6.07 Å². The molecule has 0 saturated carbocycles. The van der Waals surface area contributed by atoms with E-state index >= 15 is 0 Å². The van der Waals surface area contributed by atoms with Gasteiger partial charge in [0.25, 0.3) is 0 Å². The minimum absolute atomic E-state index is 0.540. The fourth-order valence-electron chi connectivity index (χ4n) is 2.82. The third-order valence-electron chi connectivity index (χ3n) is 3.98. The number of fused-ring (bicyclic) bond motifs is 1. The molecule has 0 unspecified atom stereocenters. The van der Waals surface area contributed by atoms with Gasteiger partial charge in [-0.3, -0.25) is 0 Å². The van der Waals surface area contributed by atoms with E-state index in [0.717, 1.165) is 37.3 Å². The van der Waals surface area contributed by atoms with E-state index in [1.54, 1.807) is 0 Å². The fraction of sp³-hybridized carbons (Fsp3) is 0.571. The molecule has 0 aromatic carbocycles. The van der Waals surface area contributed by atoms with Crippen molar-refractivity contribution in [2.24, 2.45) is 0 Å². The first-order chi connectivity index (χ1) is 9.79. The second-order valence-electron chi connectivity index (χ2n) is 5.16. The van der Waals surface area contributed by atoms with Crippen LogP contribution in [0.5, 0.6) is 0 Å². The van der Waals surface area contributed by atoms with Crippen LogP contribution in [0.1, 0.15) is 24.1 Å². The minimum Gasteiger partial charge on any atom is -0.378 e. The first-order valence-corrected chi connectivity index (χ1v) is 6.81. The fourth-order valence-corrected chi connectivity index (χ4v) is 2.82. The lowest BCUT2D eigenvalue weighted by Gasteiger charge is -2.30. The third kappa shape index (κ3) is 1.99. The number of nitrogens with zero attached hydrogens (tertiary/aromatic N) is 5. The van der Waals surface area contributed by atoms with Crippen molar-refractivity contribution in [2.45, 2.75) is 24.7 Å². The molecule has 1 aliphatic carbocycles. The largest absolute Gasteiger partial charge is 0.378 e. The number of anilines is 1. The van der Waals surface area contributed by atoms with Crippen LogP contribution in [-0.4, -0.2) is 36.5 Å². The van der Waals surface area contributed by atoms with Crippen molar-refractivity contribution < 1.29 is 4.74 Å². The van der Waals surface area contributed by atoms with Crippen LogP contribution in [0.25, 0.3) is 0 Å². The van der Waals surface area contributed by atoms with Crippen molar-refractivity contribution in [1.29, 1.82) is 10.5 Å². The Kier molecular flexibility index (Phi) is 3.25. The summed E-state index contributed by atoms with van der Waals surface area (Å²) in [6, 6.07) is 6.23. The van der Waals surface area contributed by atoms with Crippen LogP contribution >= 0.6 is 0 Å². The molecule has 0 spiro atoms. The van der Waals surface area contributed by atoms with Crippen LogP contribution in [-0.2, 0) is 16.6 Å². The summed E-state index contributed by atoms with van der Waals surface area (Å²) < 4.78 is 5.33. The Hall–Kier alpha value is -2.18. The number of rotatable bonds is 1. The van der Waals surface area contributed by atoms with Gasteiger partial charge in [0.1, 0.15) is 5.69 Å². The van der Waals surface area contributed by atoms with Gasteiger partial charge in [-0.1, -0.05) is 0 Å². The molecule has 102 valence electrons. The van der Waals surface area contributed by atoms with Gasteiger partial charge in [0.15, 0.2) is 11.2 Å². The zero-order chi connectivity index (χ0) is 14.0. The third-order valence-corrected chi connectivity index (χ3v) is 3.98. The van der Waals surface area contributed by atoms with Gasteiger partial charge in [-0.25, -0.2) is 0 Å². The Morgan fingerprint density at radius 3 is 2.65 bits per heavy atom. The molecule has 1 aliphatic heterocycles. The summed E-state index contributed by atoms with van der Waals surface area (Å²) in [5.41, 5.74) is 0.408. The molecular formula is C14H15N5O. The molecule has 0 N–H and O–H groups in total. The first kappa shape index (κ1) is 12.8. The van der Waals surface area contributed by atoms with Gasteiger partial charge in [-0.2, -0.15) is 15.6 Å². The summed E-state index contributed by atoms with van der Waals surface area (Å²) in [5.74, 6) is 0.818. The smallest absolute Gasteiger partial charge is 0.187 e. The van der Waals surface area contributed by atoms with Crippen molar-refractivity contribution in [2.75, 3.05) is 31.2 Å². The Labute approximate surface area is 117 Å². The van der Waals surface area contributed by atoms with Gasteiger partial charge in [-0.15, -0.1) is 5.10 Å². The molecule has 1 saturated heterocycles. The second kappa shape index (κ2) is 5.07. The van der Waals surface area contributed by atoms with Crippen molar-refractivity contribution in [3.63, 3.8) is 0 Å².